The minimum absolute atomic E-state index is 0.775. The summed E-state index contributed by atoms with van der Waals surface area (Å²) >= 11 is 0. The summed E-state index contributed by atoms with van der Waals surface area (Å²) < 4.78 is 27.7. The molecule has 0 aliphatic rings. The van der Waals surface area contributed by atoms with Crippen molar-refractivity contribution in [2.45, 2.75) is 0 Å². The van der Waals surface area contributed by atoms with Crippen LogP contribution in [0.4, 0.5) is 0 Å². The van der Waals surface area contributed by atoms with E-state index in [4.69, 9.17) is 8.83 Å². The van der Waals surface area contributed by atoms with Gasteiger partial charge in [0.25, 0.3) is 0 Å². The molecule has 9 rings (SSSR count). The van der Waals surface area contributed by atoms with Crippen molar-refractivity contribution in [3.63, 3.8) is 0 Å². The predicted octanol–water partition coefficient (Wildman–Crippen LogP) is 9.94. The Hall–Kier alpha value is -5.37. The maximum atomic E-state index is 15.1. The molecule has 4 heteroatoms. The van der Waals surface area contributed by atoms with Crippen LogP contribution in [0.1, 0.15) is 0 Å². The number of hydrogen-bond donors (Lipinski definition) is 0. The van der Waals surface area contributed by atoms with Crippen LogP contribution in [0.15, 0.2) is 160 Å². The second-order valence-corrected chi connectivity index (χ2v) is 14.0. The molecule has 2 aromatic heterocycles. The van der Waals surface area contributed by atoms with Gasteiger partial charge in [0, 0.05) is 42.8 Å². The van der Waals surface area contributed by atoms with Crippen molar-refractivity contribution in [3.05, 3.63) is 152 Å². The number of furan rings is 2. The van der Waals surface area contributed by atoms with E-state index in [9.17, 15) is 0 Å². The van der Waals surface area contributed by atoms with E-state index >= 15 is 4.57 Å². The summed E-state index contributed by atoms with van der Waals surface area (Å²) in [4.78, 5) is 0. The van der Waals surface area contributed by atoms with Gasteiger partial charge in [0.15, 0.2) is 7.14 Å². The summed E-state index contributed by atoms with van der Waals surface area (Å²) in [6.45, 7) is 0. The van der Waals surface area contributed by atoms with Gasteiger partial charge in [0.1, 0.15) is 22.3 Å². The molecule has 0 N–H and O–H groups in total. The summed E-state index contributed by atoms with van der Waals surface area (Å²) in [5.74, 6) is 0. The van der Waals surface area contributed by atoms with Crippen molar-refractivity contribution < 1.29 is 13.4 Å². The zero-order valence-corrected chi connectivity index (χ0v) is 24.5. The molecule has 0 atom stereocenters. The SMILES string of the molecule is O=P(c1ccccc1)(c1ccccc1)c1ccc2oc3ccc(-c4ccc5oc6c7ccccc7ccc6c5c4)cc3c2c1. The Balaban J connectivity index is 1.22. The molecule has 2 heterocycles. The molecule has 0 amide bonds. The van der Waals surface area contributed by atoms with E-state index in [-0.39, 0.29) is 0 Å². The van der Waals surface area contributed by atoms with Crippen molar-refractivity contribution in [2.24, 2.45) is 0 Å². The monoisotopic (exact) mass is 584 g/mol. The molecule has 3 nitrogen and oxygen atoms in total. The molecule has 0 radical (unpaired) electrons. The van der Waals surface area contributed by atoms with Gasteiger partial charge in [-0.1, -0.05) is 103 Å². The fourth-order valence-corrected chi connectivity index (χ4v) is 9.22. The van der Waals surface area contributed by atoms with E-state index in [1.807, 2.05) is 78.9 Å². The number of rotatable bonds is 4. The molecule has 0 spiro atoms. The van der Waals surface area contributed by atoms with E-state index in [0.717, 1.165) is 76.3 Å². The molecule has 0 saturated heterocycles. The first kappa shape index (κ1) is 25.2. The van der Waals surface area contributed by atoms with Gasteiger partial charge in [0.2, 0.25) is 0 Å². The quantitative estimate of drug-likeness (QED) is 0.193. The molecule has 0 unspecified atom stereocenters. The minimum atomic E-state index is -3.12. The van der Waals surface area contributed by atoms with Crippen LogP contribution >= 0.6 is 7.14 Å². The second-order valence-electron chi connectivity index (χ2n) is 11.3. The van der Waals surface area contributed by atoms with E-state index < -0.39 is 7.14 Å². The van der Waals surface area contributed by atoms with Crippen molar-refractivity contribution in [3.8, 4) is 11.1 Å². The van der Waals surface area contributed by atoms with Gasteiger partial charge in [-0.3, -0.25) is 0 Å². The average molecular weight is 585 g/mol. The topological polar surface area (TPSA) is 43.4 Å². The van der Waals surface area contributed by atoms with E-state index in [0.29, 0.717) is 0 Å². The van der Waals surface area contributed by atoms with Crippen molar-refractivity contribution >= 4 is 77.7 Å². The normalized spacial score (nSPS) is 12.2. The van der Waals surface area contributed by atoms with Gasteiger partial charge in [-0.25, -0.2) is 0 Å². The standard InChI is InChI=1S/C40H25O3P/c41-44(29-10-3-1-4-11-29,30-12-5-2-6-13-30)31-18-22-38-36(25-31)35-24-28(16-20-37(35)42-38)27-17-21-39-34(23-27)33-19-15-26-9-7-8-14-32(26)40(33)43-39/h1-25H. The smallest absolute Gasteiger partial charge is 0.171 e. The van der Waals surface area contributed by atoms with Gasteiger partial charge < -0.3 is 13.4 Å². The predicted molar refractivity (Wildman–Crippen MR) is 183 cm³/mol. The molecular formula is C40H25O3P. The van der Waals surface area contributed by atoms with Gasteiger partial charge in [-0.15, -0.1) is 0 Å². The third-order valence-corrected chi connectivity index (χ3v) is 11.8. The minimum Gasteiger partial charge on any atom is -0.456 e. The summed E-state index contributed by atoms with van der Waals surface area (Å²) in [6, 6.07) is 50.9. The molecule has 9 aromatic rings. The van der Waals surface area contributed by atoms with Crippen LogP contribution < -0.4 is 15.9 Å². The van der Waals surface area contributed by atoms with E-state index in [1.54, 1.807) is 0 Å². The number of hydrogen-bond acceptors (Lipinski definition) is 3. The van der Waals surface area contributed by atoms with Gasteiger partial charge in [0.05, 0.1) is 0 Å². The number of fused-ring (bicyclic) bond motifs is 8. The highest BCUT2D eigenvalue weighted by molar-refractivity contribution is 7.85. The largest absolute Gasteiger partial charge is 0.456 e. The summed E-state index contributed by atoms with van der Waals surface area (Å²) in [6.07, 6.45) is 0. The fraction of sp³-hybridized carbons (Fsp3) is 0. The Morgan fingerprint density at radius 2 is 0.932 bits per heavy atom. The molecule has 208 valence electrons. The van der Waals surface area contributed by atoms with E-state index in [1.165, 1.54) is 5.39 Å². The fourth-order valence-electron chi connectivity index (χ4n) is 6.55. The van der Waals surface area contributed by atoms with Crippen molar-refractivity contribution in [1.82, 2.24) is 0 Å². The molecule has 0 aliphatic heterocycles. The first-order valence-electron chi connectivity index (χ1n) is 14.7. The zero-order valence-electron chi connectivity index (χ0n) is 23.6. The maximum absolute atomic E-state index is 15.1. The molecule has 0 bridgehead atoms. The summed E-state index contributed by atoms with van der Waals surface area (Å²) in [7, 11) is -3.12. The lowest BCUT2D eigenvalue weighted by molar-refractivity contribution is 0.592. The average Bonchev–Trinajstić information content (AvgIpc) is 3.66. The zero-order chi connectivity index (χ0) is 29.3. The number of benzene rings is 7. The molecule has 0 aliphatic carbocycles. The Labute approximate surface area is 253 Å². The maximum Gasteiger partial charge on any atom is 0.171 e. The van der Waals surface area contributed by atoms with Crippen LogP contribution in [0.25, 0.3) is 65.8 Å². The Kier molecular flexibility index (Phi) is 5.47. The van der Waals surface area contributed by atoms with Gasteiger partial charge in [-0.2, -0.15) is 0 Å². The lowest BCUT2D eigenvalue weighted by atomic mass is 10.00. The summed E-state index contributed by atoms with van der Waals surface area (Å²) in [5, 5.41) is 8.84. The van der Waals surface area contributed by atoms with Crippen LogP contribution in [-0.4, -0.2) is 0 Å². The van der Waals surface area contributed by atoms with Crippen molar-refractivity contribution in [1.29, 1.82) is 0 Å². The molecule has 44 heavy (non-hydrogen) atoms. The van der Waals surface area contributed by atoms with Gasteiger partial charge >= 0.3 is 0 Å². The van der Waals surface area contributed by atoms with E-state index in [2.05, 4.69) is 72.8 Å². The first-order valence-corrected chi connectivity index (χ1v) is 16.4. The lowest BCUT2D eigenvalue weighted by Gasteiger charge is -2.20. The lowest BCUT2D eigenvalue weighted by Crippen LogP contribution is -2.24. The third kappa shape index (κ3) is 3.73. The highest BCUT2D eigenvalue weighted by atomic mass is 31.2. The third-order valence-electron chi connectivity index (χ3n) is 8.75. The van der Waals surface area contributed by atoms with Crippen LogP contribution in [0.3, 0.4) is 0 Å². The first-order chi connectivity index (χ1) is 21.7. The highest BCUT2D eigenvalue weighted by Crippen LogP contribution is 2.44. The Morgan fingerprint density at radius 3 is 1.61 bits per heavy atom. The Morgan fingerprint density at radius 1 is 0.386 bits per heavy atom. The molecular weight excluding hydrogens is 559 g/mol. The highest BCUT2D eigenvalue weighted by Gasteiger charge is 2.30. The van der Waals surface area contributed by atoms with Crippen LogP contribution in [-0.2, 0) is 4.57 Å². The second kappa shape index (κ2) is 9.57. The molecule has 7 aromatic carbocycles. The molecule has 0 saturated carbocycles. The van der Waals surface area contributed by atoms with Gasteiger partial charge in [-0.05, 0) is 65.0 Å². The van der Waals surface area contributed by atoms with Crippen LogP contribution in [0.5, 0.6) is 0 Å². The summed E-state index contributed by atoms with van der Waals surface area (Å²) in [5.41, 5.74) is 5.54. The Bertz CT molecular complexity index is 2530. The molecule has 0 fully saturated rings. The van der Waals surface area contributed by atoms with Crippen molar-refractivity contribution in [2.75, 3.05) is 0 Å². The van der Waals surface area contributed by atoms with Crippen LogP contribution in [0, 0.1) is 0 Å². The van der Waals surface area contributed by atoms with Crippen LogP contribution in [0.2, 0.25) is 0 Å².